The van der Waals surface area contributed by atoms with Gasteiger partial charge in [-0.15, -0.1) is 12.4 Å². The van der Waals surface area contributed by atoms with Gasteiger partial charge in [-0.2, -0.15) is 0 Å². The van der Waals surface area contributed by atoms with Crippen LogP contribution in [0.4, 0.5) is 0 Å². The number of halogens is 1. The Kier molecular flexibility index (Phi) is 5.75. The van der Waals surface area contributed by atoms with Crippen LogP contribution in [0.15, 0.2) is 23.1 Å². The van der Waals surface area contributed by atoms with E-state index in [4.69, 9.17) is 0 Å². The molecule has 2 amide bonds. The summed E-state index contributed by atoms with van der Waals surface area (Å²) in [5.74, 6) is -0.846. The van der Waals surface area contributed by atoms with Crippen molar-refractivity contribution in [3.05, 3.63) is 29.3 Å². The van der Waals surface area contributed by atoms with Gasteiger partial charge in [0, 0.05) is 24.2 Å². The standard InChI is InChI=1S/C16H21N3O4S.ClH/c1-3-19-16(21)13-5-4-11(9-14(13)24(19,22)23)15(20)18-12-6-7-17-10(2)8-12;/h4-5,9-10,12,17H,3,6-8H2,1-2H3,(H,18,20);1H. The lowest BCUT2D eigenvalue weighted by Crippen LogP contribution is -2.46. The fourth-order valence-corrected chi connectivity index (χ4v) is 4.86. The molecule has 25 heavy (non-hydrogen) atoms. The molecule has 0 spiro atoms. The van der Waals surface area contributed by atoms with Gasteiger partial charge in [-0.3, -0.25) is 9.59 Å². The Labute approximate surface area is 153 Å². The average molecular weight is 388 g/mol. The minimum absolute atomic E-state index is 0. The van der Waals surface area contributed by atoms with Gasteiger partial charge in [0.2, 0.25) is 0 Å². The van der Waals surface area contributed by atoms with Gasteiger partial charge < -0.3 is 10.6 Å². The molecule has 2 heterocycles. The highest BCUT2D eigenvalue weighted by atomic mass is 35.5. The molecule has 2 unspecified atom stereocenters. The van der Waals surface area contributed by atoms with Crippen molar-refractivity contribution >= 4 is 34.2 Å². The van der Waals surface area contributed by atoms with Crippen molar-refractivity contribution in [3.63, 3.8) is 0 Å². The maximum atomic E-state index is 12.4. The molecule has 2 N–H and O–H groups in total. The topological polar surface area (TPSA) is 95.6 Å². The molecule has 1 aromatic carbocycles. The quantitative estimate of drug-likeness (QED) is 0.810. The highest BCUT2D eigenvalue weighted by molar-refractivity contribution is 7.90. The summed E-state index contributed by atoms with van der Waals surface area (Å²) in [6, 6.07) is 4.63. The number of fused-ring (bicyclic) bond motifs is 1. The Bertz CT molecular complexity index is 797. The number of hydrogen-bond donors (Lipinski definition) is 2. The van der Waals surface area contributed by atoms with Crippen LogP contribution in [-0.4, -0.2) is 49.7 Å². The Morgan fingerprint density at radius 3 is 2.76 bits per heavy atom. The number of carbonyl (C=O) groups excluding carboxylic acids is 2. The molecule has 3 rings (SSSR count). The molecule has 138 valence electrons. The molecule has 2 aliphatic rings. The molecule has 2 atom stereocenters. The van der Waals surface area contributed by atoms with Gasteiger partial charge in [-0.25, -0.2) is 12.7 Å². The molecular formula is C16H22ClN3O4S. The van der Waals surface area contributed by atoms with Crippen molar-refractivity contribution in [3.8, 4) is 0 Å². The van der Waals surface area contributed by atoms with Crippen LogP contribution < -0.4 is 10.6 Å². The molecule has 0 aromatic heterocycles. The third-order valence-corrected chi connectivity index (χ3v) is 6.41. The highest BCUT2D eigenvalue weighted by Gasteiger charge is 2.40. The predicted molar refractivity (Wildman–Crippen MR) is 95.5 cm³/mol. The van der Waals surface area contributed by atoms with Crippen molar-refractivity contribution in [1.29, 1.82) is 0 Å². The molecule has 7 nitrogen and oxygen atoms in total. The molecule has 0 radical (unpaired) electrons. The van der Waals surface area contributed by atoms with Gasteiger partial charge in [0.05, 0.1) is 5.56 Å². The van der Waals surface area contributed by atoms with Crippen molar-refractivity contribution in [1.82, 2.24) is 14.9 Å². The van der Waals surface area contributed by atoms with Crippen molar-refractivity contribution in [2.75, 3.05) is 13.1 Å². The molecule has 9 heteroatoms. The summed E-state index contributed by atoms with van der Waals surface area (Å²) in [6.45, 7) is 4.58. The normalized spacial score (nSPS) is 24.4. The fraction of sp³-hybridized carbons (Fsp3) is 0.500. The molecule has 0 aliphatic carbocycles. The predicted octanol–water partition coefficient (Wildman–Crippen LogP) is 1.14. The van der Waals surface area contributed by atoms with Gasteiger partial charge in [-0.1, -0.05) is 0 Å². The minimum Gasteiger partial charge on any atom is -0.349 e. The molecule has 0 bridgehead atoms. The second-order valence-corrected chi connectivity index (χ2v) is 8.07. The van der Waals surface area contributed by atoms with Crippen LogP contribution in [0.2, 0.25) is 0 Å². The number of amides is 2. The summed E-state index contributed by atoms with van der Waals surface area (Å²) >= 11 is 0. The first kappa shape index (κ1) is 19.7. The van der Waals surface area contributed by atoms with Crippen molar-refractivity contribution in [2.45, 2.75) is 43.7 Å². The lowest BCUT2D eigenvalue weighted by Gasteiger charge is -2.28. The van der Waals surface area contributed by atoms with Crippen LogP contribution >= 0.6 is 12.4 Å². The van der Waals surface area contributed by atoms with Crippen LogP contribution in [0, 0.1) is 0 Å². The van der Waals surface area contributed by atoms with Crippen LogP contribution in [0.3, 0.4) is 0 Å². The molecule has 1 saturated heterocycles. The van der Waals surface area contributed by atoms with Gasteiger partial charge in [-0.05, 0) is 51.4 Å². The Hall–Kier alpha value is -1.64. The van der Waals surface area contributed by atoms with E-state index >= 15 is 0 Å². The molecular weight excluding hydrogens is 366 g/mol. The van der Waals surface area contributed by atoms with E-state index in [1.54, 1.807) is 6.92 Å². The zero-order valence-electron chi connectivity index (χ0n) is 14.1. The average Bonchev–Trinajstić information content (AvgIpc) is 2.73. The van der Waals surface area contributed by atoms with Gasteiger partial charge in [0.1, 0.15) is 4.90 Å². The van der Waals surface area contributed by atoms with E-state index in [0.717, 1.165) is 23.7 Å². The Morgan fingerprint density at radius 1 is 1.40 bits per heavy atom. The largest absolute Gasteiger partial charge is 0.349 e. The SMILES string of the molecule is CCN1C(=O)c2ccc(C(=O)NC3CCNC(C)C3)cc2S1(=O)=O.Cl. The van der Waals surface area contributed by atoms with E-state index in [9.17, 15) is 18.0 Å². The monoisotopic (exact) mass is 387 g/mol. The van der Waals surface area contributed by atoms with Gasteiger partial charge in [0.25, 0.3) is 21.8 Å². The third-order valence-electron chi connectivity index (χ3n) is 4.51. The number of piperidine rings is 1. The summed E-state index contributed by atoms with van der Waals surface area (Å²) in [5, 5.41) is 6.26. The van der Waals surface area contributed by atoms with Crippen molar-refractivity contribution in [2.24, 2.45) is 0 Å². The number of benzene rings is 1. The van der Waals surface area contributed by atoms with E-state index in [1.807, 2.05) is 0 Å². The highest BCUT2D eigenvalue weighted by Crippen LogP contribution is 2.30. The maximum Gasteiger partial charge on any atom is 0.268 e. The summed E-state index contributed by atoms with van der Waals surface area (Å²) in [7, 11) is -3.85. The van der Waals surface area contributed by atoms with Crippen LogP contribution in [0.5, 0.6) is 0 Å². The second-order valence-electron chi connectivity index (χ2n) is 6.24. The number of nitrogens with zero attached hydrogens (tertiary/aromatic N) is 1. The molecule has 1 aromatic rings. The summed E-state index contributed by atoms with van der Waals surface area (Å²) in [6.07, 6.45) is 1.67. The molecule has 0 saturated carbocycles. The Morgan fingerprint density at radius 2 is 2.12 bits per heavy atom. The van der Waals surface area contributed by atoms with Crippen molar-refractivity contribution < 1.29 is 18.0 Å². The van der Waals surface area contributed by atoms with E-state index in [-0.39, 0.29) is 46.9 Å². The van der Waals surface area contributed by atoms with Crippen LogP contribution in [0.1, 0.15) is 47.4 Å². The fourth-order valence-electron chi connectivity index (χ4n) is 3.26. The smallest absolute Gasteiger partial charge is 0.268 e. The first-order chi connectivity index (χ1) is 11.3. The zero-order chi connectivity index (χ0) is 17.5. The number of rotatable bonds is 3. The number of sulfonamides is 1. The minimum atomic E-state index is -3.85. The summed E-state index contributed by atoms with van der Waals surface area (Å²) < 4.78 is 25.6. The summed E-state index contributed by atoms with van der Waals surface area (Å²) in [5.41, 5.74) is 0.387. The van der Waals surface area contributed by atoms with E-state index in [2.05, 4.69) is 17.6 Å². The second kappa shape index (κ2) is 7.31. The lowest BCUT2D eigenvalue weighted by molar-refractivity contribution is 0.0873. The number of nitrogens with one attached hydrogen (secondary N) is 2. The number of carbonyl (C=O) groups is 2. The van der Waals surface area contributed by atoms with Gasteiger partial charge in [0.15, 0.2) is 0 Å². The summed E-state index contributed by atoms with van der Waals surface area (Å²) in [4.78, 5) is 24.5. The molecule has 1 fully saturated rings. The third kappa shape index (κ3) is 3.51. The van der Waals surface area contributed by atoms with E-state index in [1.165, 1.54) is 18.2 Å². The van der Waals surface area contributed by atoms with Crippen LogP contribution in [0.25, 0.3) is 0 Å². The molecule has 2 aliphatic heterocycles. The number of hydrogen-bond acceptors (Lipinski definition) is 5. The van der Waals surface area contributed by atoms with E-state index < -0.39 is 15.9 Å². The first-order valence-electron chi connectivity index (χ1n) is 8.10. The lowest BCUT2D eigenvalue weighted by atomic mass is 10.00. The Balaban J connectivity index is 0.00000225. The zero-order valence-corrected chi connectivity index (χ0v) is 15.7. The van der Waals surface area contributed by atoms with Crippen LogP contribution in [-0.2, 0) is 10.0 Å². The maximum absolute atomic E-state index is 12.4. The first-order valence-corrected chi connectivity index (χ1v) is 9.54. The van der Waals surface area contributed by atoms with Gasteiger partial charge >= 0.3 is 0 Å². The van der Waals surface area contributed by atoms with E-state index in [0.29, 0.717) is 6.04 Å².